The fourth-order valence-corrected chi connectivity index (χ4v) is 0.779. The molecule has 0 N–H and O–H groups in total. The maximum Gasteiger partial charge on any atom is 0.101 e. The Hall–Kier alpha value is -1.07. The Morgan fingerprint density at radius 1 is 1.70 bits per heavy atom. The quantitative estimate of drug-likeness (QED) is 0.570. The number of hydrogen-bond donors (Lipinski definition) is 0. The first-order valence-electron chi connectivity index (χ1n) is 2.76. The molecule has 0 saturated heterocycles. The normalized spacial score (nSPS) is 8.90. The molecule has 0 aliphatic rings. The lowest BCUT2D eigenvalue weighted by molar-refractivity contribution is 1.18. The Labute approximate surface area is 64.1 Å². The molecule has 50 valence electrons. The van der Waals surface area contributed by atoms with Gasteiger partial charge in [-0.25, -0.2) is 0 Å². The van der Waals surface area contributed by atoms with Gasteiger partial charge < -0.3 is 0 Å². The highest BCUT2D eigenvalue weighted by molar-refractivity contribution is 6.30. The van der Waals surface area contributed by atoms with Gasteiger partial charge in [-0.15, -0.1) is 0 Å². The van der Waals surface area contributed by atoms with E-state index >= 15 is 0 Å². The largest absolute Gasteiger partial charge is 0.259 e. The van der Waals surface area contributed by atoms with Gasteiger partial charge in [-0.2, -0.15) is 5.26 Å². The molecule has 0 radical (unpaired) electrons. The molecule has 0 unspecified atom stereocenters. The minimum Gasteiger partial charge on any atom is -0.259 e. The van der Waals surface area contributed by atoms with E-state index < -0.39 is 0 Å². The number of nitriles is 1. The number of aromatic nitrogens is 1. The third-order valence-corrected chi connectivity index (χ3v) is 1.38. The second-order valence-electron chi connectivity index (χ2n) is 1.90. The smallest absolute Gasteiger partial charge is 0.101 e. The summed E-state index contributed by atoms with van der Waals surface area (Å²) in [6, 6.07) is 3.59. The first kappa shape index (κ1) is 7.04. The maximum atomic E-state index is 8.49. The van der Waals surface area contributed by atoms with Gasteiger partial charge in [0.05, 0.1) is 16.3 Å². The van der Waals surface area contributed by atoms with Crippen LogP contribution in [0.5, 0.6) is 0 Å². The summed E-state index contributed by atoms with van der Waals surface area (Å²) in [5, 5.41) is 9.00. The number of pyridine rings is 1. The van der Waals surface area contributed by atoms with Crippen LogP contribution in [0.25, 0.3) is 0 Å². The van der Waals surface area contributed by atoms with Crippen LogP contribution in [-0.4, -0.2) is 4.98 Å². The van der Waals surface area contributed by atoms with Crippen molar-refractivity contribution in [1.29, 1.82) is 5.26 Å². The molecule has 0 aliphatic carbocycles. The monoisotopic (exact) mass is 152 g/mol. The van der Waals surface area contributed by atoms with Gasteiger partial charge in [-0.3, -0.25) is 4.98 Å². The summed E-state index contributed by atoms with van der Waals surface area (Å²) >= 11 is 5.58. The SMILES string of the molecule is Cc1ncc(Cl)cc1C#N. The molecule has 1 heterocycles. The molecule has 1 aromatic rings. The Bertz CT molecular complexity index is 288. The van der Waals surface area contributed by atoms with E-state index in [2.05, 4.69) is 4.98 Å². The van der Waals surface area contributed by atoms with Gasteiger partial charge in [0, 0.05) is 6.20 Å². The molecule has 2 nitrogen and oxygen atoms in total. The van der Waals surface area contributed by atoms with Crippen LogP contribution < -0.4 is 0 Å². The Balaban J connectivity index is 3.25. The van der Waals surface area contributed by atoms with Crippen LogP contribution in [0.1, 0.15) is 11.3 Å². The van der Waals surface area contributed by atoms with Crippen LogP contribution in [-0.2, 0) is 0 Å². The van der Waals surface area contributed by atoms with E-state index in [0.29, 0.717) is 16.3 Å². The molecule has 0 aromatic carbocycles. The fourth-order valence-electron chi connectivity index (χ4n) is 0.621. The molecule has 10 heavy (non-hydrogen) atoms. The van der Waals surface area contributed by atoms with Crippen LogP contribution in [0.3, 0.4) is 0 Å². The lowest BCUT2D eigenvalue weighted by Crippen LogP contribution is -1.85. The number of aryl methyl sites for hydroxylation is 1. The average Bonchev–Trinajstić information content (AvgIpc) is 1.94. The van der Waals surface area contributed by atoms with Crippen molar-refractivity contribution in [2.75, 3.05) is 0 Å². The van der Waals surface area contributed by atoms with Crippen LogP contribution in [0.15, 0.2) is 12.3 Å². The van der Waals surface area contributed by atoms with E-state index in [-0.39, 0.29) is 0 Å². The van der Waals surface area contributed by atoms with Crippen molar-refractivity contribution in [2.24, 2.45) is 0 Å². The summed E-state index contributed by atoms with van der Waals surface area (Å²) in [7, 11) is 0. The van der Waals surface area contributed by atoms with Gasteiger partial charge in [0.15, 0.2) is 0 Å². The maximum absolute atomic E-state index is 8.49. The molecule has 0 atom stereocenters. The van der Waals surface area contributed by atoms with Crippen LogP contribution in [0, 0.1) is 18.3 Å². The van der Waals surface area contributed by atoms with Crippen LogP contribution in [0.2, 0.25) is 5.02 Å². The molecule has 0 saturated carbocycles. The molecule has 1 aromatic heterocycles. The number of nitrogens with zero attached hydrogens (tertiary/aromatic N) is 2. The summed E-state index contributed by atoms with van der Waals surface area (Å²) in [6.07, 6.45) is 1.53. The van der Waals surface area contributed by atoms with Gasteiger partial charge in [0.2, 0.25) is 0 Å². The molecular weight excluding hydrogens is 148 g/mol. The predicted molar refractivity (Wildman–Crippen MR) is 38.7 cm³/mol. The number of rotatable bonds is 0. The van der Waals surface area contributed by atoms with Crippen LogP contribution >= 0.6 is 11.6 Å². The van der Waals surface area contributed by atoms with Crippen LogP contribution in [0.4, 0.5) is 0 Å². The van der Waals surface area contributed by atoms with Crippen molar-refractivity contribution in [3.8, 4) is 6.07 Å². The van der Waals surface area contributed by atoms with Crippen molar-refractivity contribution in [3.63, 3.8) is 0 Å². The molecule has 0 aliphatic heterocycles. The zero-order valence-electron chi connectivity index (χ0n) is 5.43. The third kappa shape index (κ3) is 1.26. The lowest BCUT2D eigenvalue weighted by atomic mass is 10.2. The van der Waals surface area contributed by atoms with E-state index in [1.807, 2.05) is 6.07 Å². The first-order chi connectivity index (χ1) is 4.74. The van der Waals surface area contributed by atoms with Gasteiger partial charge in [0.1, 0.15) is 6.07 Å². The minimum atomic E-state index is 0.502. The molecular formula is C7H5ClN2. The summed E-state index contributed by atoms with van der Waals surface area (Å²) in [6.45, 7) is 1.77. The molecule has 0 spiro atoms. The van der Waals surface area contributed by atoms with Gasteiger partial charge >= 0.3 is 0 Å². The summed E-state index contributed by atoms with van der Waals surface area (Å²) in [4.78, 5) is 3.90. The summed E-state index contributed by atoms with van der Waals surface area (Å²) < 4.78 is 0. The van der Waals surface area contributed by atoms with E-state index in [0.717, 1.165) is 0 Å². The van der Waals surface area contributed by atoms with Gasteiger partial charge in [0.25, 0.3) is 0 Å². The van der Waals surface area contributed by atoms with E-state index in [9.17, 15) is 0 Å². The Kier molecular flexibility index (Phi) is 1.88. The molecule has 3 heteroatoms. The zero-order valence-corrected chi connectivity index (χ0v) is 6.18. The molecule has 0 fully saturated rings. The van der Waals surface area contributed by atoms with E-state index in [1.165, 1.54) is 6.20 Å². The van der Waals surface area contributed by atoms with Crippen molar-refractivity contribution in [1.82, 2.24) is 4.98 Å². The molecule has 0 bridgehead atoms. The lowest BCUT2D eigenvalue weighted by Gasteiger charge is -1.93. The first-order valence-corrected chi connectivity index (χ1v) is 3.14. The third-order valence-electron chi connectivity index (χ3n) is 1.17. The topological polar surface area (TPSA) is 36.7 Å². The molecule has 0 amide bonds. The fraction of sp³-hybridized carbons (Fsp3) is 0.143. The van der Waals surface area contributed by atoms with E-state index in [1.54, 1.807) is 13.0 Å². The van der Waals surface area contributed by atoms with E-state index in [4.69, 9.17) is 16.9 Å². The van der Waals surface area contributed by atoms with Crippen molar-refractivity contribution in [3.05, 3.63) is 28.5 Å². The summed E-state index contributed by atoms with van der Waals surface area (Å²) in [5.74, 6) is 0. The highest BCUT2D eigenvalue weighted by atomic mass is 35.5. The predicted octanol–water partition coefficient (Wildman–Crippen LogP) is 1.92. The second kappa shape index (κ2) is 2.68. The highest BCUT2D eigenvalue weighted by Crippen LogP contribution is 2.10. The average molecular weight is 153 g/mol. The van der Waals surface area contributed by atoms with Gasteiger partial charge in [-0.1, -0.05) is 11.6 Å². The number of hydrogen-bond acceptors (Lipinski definition) is 2. The zero-order chi connectivity index (χ0) is 7.56. The van der Waals surface area contributed by atoms with Crippen molar-refractivity contribution in [2.45, 2.75) is 6.92 Å². The van der Waals surface area contributed by atoms with Gasteiger partial charge in [-0.05, 0) is 13.0 Å². The Morgan fingerprint density at radius 2 is 2.40 bits per heavy atom. The second-order valence-corrected chi connectivity index (χ2v) is 2.33. The highest BCUT2D eigenvalue weighted by Gasteiger charge is 1.97. The van der Waals surface area contributed by atoms with Crippen molar-refractivity contribution < 1.29 is 0 Å². The number of halogens is 1. The summed E-state index contributed by atoms with van der Waals surface area (Å²) in [5.41, 5.74) is 1.25. The molecule has 1 rings (SSSR count). The minimum absolute atomic E-state index is 0.502. The van der Waals surface area contributed by atoms with Crippen molar-refractivity contribution >= 4 is 11.6 Å². The Morgan fingerprint density at radius 3 is 2.90 bits per heavy atom. The standard InChI is InChI=1S/C7H5ClN2/c1-5-6(3-9)2-7(8)4-10-5/h2,4H,1H3.